The van der Waals surface area contributed by atoms with Gasteiger partial charge in [-0.05, 0) is 32.4 Å². The maximum atomic E-state index is 11.6. The second-order valence-electron chi connectivity index (χ2n) is 4.92. The molecule has 1 aromatic carbocycles. The van der Waals surface area contributed by atoms with Crippen LogP contribution in [0.1, 0.15) is 38.8 Å². The molecule has 0 aliphatic rings. The van der Waals surface area contributed by atoms with Crippen molar-refractivity contribution >= 4 is 21.9 Å². The number of hydrogen-bond donors (Lipinski definition) is 1. The number of rotatable bonds is 3. The first kappa shape index (κ1) is 14.2. The Bertz CT molecular complexity index is 399. The van der Waals surface area contributed by atoms with Crippen LogP contribution in [-0.4, -0.2) is 11.6 Å². The smallest absolute Gasteiger partial charge is 0.308 e. The van der Waals surface area contributed by atoms with E-state index in [4.69, 9.17) is 10.5 Å². The van der Waals surface area contributed by atoms with Crippen LogP contribution in [0.4, 0.5) is 0 Å². The van der Waals surface area contributed by atoms with Crippen LogP contribution in [0.3, 0.4) is 0 Å². The van der Waals surface area contributed by atoms with E-state index in [1.165, 1.54) is 0 Å². The maximum Gasteiger partial charge on any atom is 0.308 e. The Kier molecular flexibility index (Phi) is 4.71. The molecular weight excluding hydrogens is 282 g/mol. The molecule has 0 radical (unpaired) electrons. The molecule has 1 atom stereocenters. The summed E-state index contributed by atoms with van der Waals surface area (Å²) in [4.78, 5) is 11.6. The summed E-state index contributed by atoms with van der Waals surface area (Å²) in [7, 11) is 0. The van der Waals surface area contributed by atoms with Gasteiger partial charge in [0.2, 0.25) is 0 Å². The molecule has 0 aliphatic heterocycles. The first-order chi connectivity index (χ1) is 7.79. The van der Waals surface area contributed by atoms with Gasteiger partial charge in [-0.1, -0.05) is 34.1 Å². The molecule has 0 fully saturated rings. The number of ether oxygens (including phenoxy) is 1. The lowest BCUT2D eigenvalue weighted by atomic mass is 10.0. The molecule has 0 amide bonds. The van der Waals surface area contributed by atoms with E-state index in [9.17, 15) is 4.79 Å². The second-order valence-corrected chi connectivity index (χ2v) is 5.77. The molecule has 2 N–H and O–H groups in total. The van der Waals surface area contributed by atoms with Gasteiger partial charge in [0.05, 0.1) is 6.42 Å². The monoisotopic (exact) mass is 299 g/mol. The summed E-state index contributed by atoms with van der Waals surface area (Å²) in [5.74, 6) is -0.277. The molecule has 1 aromatic rings. The number of halogens is 1. The predicted molar refractivity (Wildman–Crippen MR) is 71.5 cm³/mol. The zero-order valence-electron chi connectivity index (χ0n) is 10.4. The van der Waals surface area contributed by atoms with Gasteiger partial charge in [-0.3, -0.25) is 4.79 Å². The molecule has 3 nitrogen and oxygen atoms in total. The lowest BCUT2D eigenvalue weighted by Crippen LogP contribution is -2.26. The Morgan fingerprint density at radius 1 is 1.41 bits per heavy atom. The SMILES string of the molecule is CC(C)(C)OC(=O)C[C@H](N)c1ccccc1Br. The van der Waals surface area contributed by atoms with Crippen LogP contribution in [-0.2, 0) is 9.53 Å². The van der Waals surface area contributed by atoms with Gasteiger partial charge in [0.1, 0.15) is 5.60 Å². The summed E-state index contributed by atoms with van der Waals surface area (Å²) in [6.07, 6.45) is 0.180. The minimum Gasteiger partial charge on any atom is -0.460 e. The van der Waals surface area contributed by atoms with E-state index in [1.54, 1.807) is 0 Å². The highest BCUT2D eigenvalue weighted by molar-refractivity contribution is 9.10. The number of esters is 1. The van der Waals surface area contributed by atoms with Crippen molar-refractivity contribution in [1.29, 1.82) is 0 Å². The van der Waals surface area contributed by atoms with Gasteiger partial charge in [0.15, 0.2) is 0 Å². The average Bonchev–Trinajstić information content (AvgIpc) is 2.14. The standard InChI is InChI=1S/C13H18BrNO2/c1-13(2,3)17-12(16)8-11(15)9-6-4-5-7-10(9)14/h4-7,11H,8,15H2,1-3H3/t11-/m0/s1. The number of benzene rings is 1. The number of carbonyl (C=O) groups is 1. The molecule has 0 spiro atoms. The Morgan fingerprint density at radius 2 is 2.00 bits per heavy atom. The molecule has 0 heterocycles. The Balaban J connectivity index is 2.64. The minimum atomic E-state index is -0.468. The molecule has 0 aliphatic carbocycles. The summed E-state index contributed by atoms with van der Waals surface area (Å²) in [5, 5.41) is 0. The van der Waals surface area contributed by atoms with Gasteiger partial charge >= 0.3 is 5.97 Å². The zero-order chi connectivity index (χ0) is 13.1. The van der Waals surface area contributed by atoms with E-state index in [0.29, 0.717) is 0 Å². The van der Waals surface area contributed by atoms with Crippen LogP contribution in [0.25, 0.3) is 0 Å². The summed E-state index contributed by atoms with van der Waals surface area (Å²) in [6, 6.07) is 7.27. The zero-order valence-corrected chi connectivity index (χ0v) is 12.0. The normalized spacial score (nSPS) is 13.2. The molecule has 0 saturated heterocycles. The third kappa shape index (κ3) is 4.88. The van der Waals surface area contributed by atoms with Gasteiger partial charge in [-0.2, -0.15) is 0 Å². The lowest BCUT2D eigenvalue weighted by molar-refractivity contribution is -0.155. The van der Waals surface area contributed by atoms with Crippen molar-refractivity contribution in [2.45, 2.75) is 38.8 Å². The molecule has 94 valence electrons. The van der Waals surface area contributed by atoms with Crippen LogP contribution in [0.15, 0.2) is 28.7 Å². The average molecular weight is 300 g/mol. The van der Waals surface area contributed by atoms with E-state index >= 15 is 0 Å². The molecule has 0 saturated carbocycles. The van der Waals surface area contributed by atoms with E-state index in [-0.39, 0.29) is 18.4 Å². The highest BCUT2D eigenvalue weighted by Crippen LogP contribution is 2.24. The molecule has 0 aromatic heterocycles. The molecular formula is C13H18BrNO2. The van der Waals surface area contributed by atoms with Crippen molar-refractivity contribution in [1.82, 2.24) is 0 Å². The quantitative estimate of drug-likeness (QED) is 0.872. The minimum absolute atomic E-state index is 0.180. The number of hydrogen-bond acceptors (Lipinski definition) is 3. The fourth-order valence-corrected chi connectivity index (χ4v) is 2.03. The fourth-order valence-electron chi connectivity index (χ4n) is 1.45. The lowest BCUT2D eigenvalue weighted by Gasteiger charge is -2.21. The molecule has 1 rings (SSSR count). The second kappa shape index (κ2) is 5.65. The third-order valence-electron chi connectivity index (χ3n) is 2.11. The summed E-state index contributed by atoms with van der Waals surface area (Å²) in [5.41, 5.74) is 6.43. The van der Waals surface area contributed by atoms with Gasteiger partial charge in [0, 0.05) is 10.5 Å². The maximum absolute atomic E-state index is 11.6. The first-order valence-electron chi connectivity index (χ1n) is 5.51. The van der Waals surface area contributed by atoms with Crippen LogP contribution >= 0.6 is 15.9 Å². The summed E-state index contributed by atoms with van der Waals surface area (Å²) < 4.78 is 6.15. The topological polar surface area (TPSA) is 52.3 Å². The van der Waals surface area contributed by atoms with Gasteiger partial charge in [-0.15, -0.1) is 0 Å². The molecule has 0 unspecified atom stereocenters. The Morgan fingerprint density at radius 3 is 2.53 bits per heavy atom. The van der Waals surface area contributed by atoms with Crippen LogP contribution in [0.2, 0.25) is 0 Å². The molecule has 0 bridgehead atoms. The van der Waals surface area contributed by atoms with Crippen molar-refractivity contribution in [3.8, 4) is 0 Å². The largest absolute Gasteiger partial charge is 0.460 e. The highest BCUT2D eigenvalue weighted by atomic mass is 79.9. The van der Waals surface area contributed by atoms with Crippen molar-refractivity contribution in [3.63, 3.8) is 0 Å². The Hall–Kier alpha value is -0.870. The van der Waals surface area contributed by atoms with Crippen LogP contribution in [0, 0.1) is 0 Å². The fraction of sp³-hybridized carbons (Fsp3) is 0.462. The third-order valence-corrected chi connectivity index (χ3v) is 2.83. The molecule has 17 heavy (non-hydrogen) atoms. The predicted octanol–water partition coefficient (Wildman–Crippen LogP) is 3.18. The van der Waals surface area contributed by atoms with Crippen molar-refractivity contribution in [3.05, 3.63) is 34.3 Å². The van der Waals surface area contributed by atoms with Crippen molar-refractivity contribution in [2.75, 3.05) is 0 Å². The van der Waals surface area contributed by atoms with E-state index in [0.717, 1.165) is 10.0 Å². The van der Waals surface area contributed by atoms with Gasteiger partial charge < -0.3 is 10.5 Å². The number of nitrogens with two attached hydrogens (primary N) is 1. The highest BCUT2D eigenvalue weighted by Gasteiger charge is 2.20. The first-order valence-corrected chi connectivity index (χ1v) is 6.31. The number of carbonyl (C=O) groups excluding carboxylic acids is 1. The van der Waals surface area contributed by atoms with E-state index in [1.807, 2.05) is 45.0 Å². The van der Waals surface area contributed by atoms with E-state index in [2.05, 4.69) is 15.9 Å². The summed E-state index contributed by atoms with van der Waals surface area (Å²) >= 11 is 3.42. The van der Waals surface area contributed by atoms with E-state index < -0.39 is 5.60 Å². The summed E-state index contributed by atoms with van der Waals surface area (Å²) in [6.45, 7) is 5.53. The van der Waals surface area contributed by atoms with Gasteiger partial charge in [0.25, 0.3) is 0 Å². The van der Waals surface area contributed by atoms with Crippen molar-refractivity contribution in [2.24, 2.45) is 5.73 Å². The van der Waals surface area contributed by atoms with Gasteiger partial charge in [-0.25, -0.2) is 0 Å². The van der Waals surface area contributed by atoms with Crippen LogP contribution in [0.5, 0.6) is 0 Å². The molecule has 4 heteroatoms. The Labute approximate surface area is 110 Å². The van der Waals surface area contributed by atoms with Crippen LogP contribution < -0.4 is 5.73 Å². The van der Waals surface area contributed by atoms with Crippen molar-refractivity contribution < 1.29 is 9.53 Å².